The summed E-state index contributed by atoms with van der Waals surface area (Å²) in [7, 11) is -1.63. The van der Waals surface area contributed by atoms with Gasteiger partial charge >= 0.3 is 0 Å². The third-order valence-electron chi connectivity index (χ3n) is 6.53. The van der Waals surface area contributed by atoms with E-state index in [9.17, 15) is 13.2 Å². The number of aromatic nitrogens is 3. The molecule has 0 spiro atoms. The maximum absolute atomic E-state index is 12.8. The largest absolute Gasteiger partial charge is 0.379 e. The van der Waals surface area contributed by atoms with E-state index in [-0.39, 0.29) is 10.8 Å². The Balaban J connectivity index is 1.31. The Kier molecular flexibility index (Phi) is 7.01. The second kappa shape index (κ2) is 9.78. The number of amides is 1. The van der Waals surface area contributed by atoms with E-state index in [1.54, 1.807) is 12.1 Å². The third-order valence-corrected chi connectivity index (χ3v) is 8.41. The standard InChI is InChI=1S/C22H32N6O4S/c1-17-20(18(2)25(3)24-17)5-7-22(29)27-10-8-26(9-11-27)21-6-4-19(16-23-21)33(30,31)28-12-14-32-15-13-28/h4,6,16H,5,7-15H2,1-3H3. The maximum atomic E-state index is 12.8. The van der Waals surface area contributed by atoms with Crippen LogP contribution in [-0.4, -0.2) is 90.8 Å². The molecule has 0 unspecified atom stereocenters. The molecule has 2 fully saturated rings. The first-order valence-electron chi connectivity index (χ1n) is 11.3. The number of rotatable bonds is 6. The minimum absolute atomic E-state index is 0.150. The summed E-state index contributed by atoms with van der Waals surface area (Å²) >= 11 is 0. The van der Waals surface area contributed by atoms with Crippen LogP contribution in [0.2, 0.25) is 0 Å². The predicted octanol–water partition coefficient (Wildman–Crippen LogP) is 0.734. The van der Waals surface area contributed by atoms with E-state index in [1.807, 2.05) is 30.5 Å². The zero-order valence-electron chi connectivity index (χ0n) is 19.5. The number of aryl methyl sites for hydroxylation is 2. The van der Waals surface area contributed by atoms with Crippen molar-refractivity contribution in [3.8, 4) is 0 Å². The van der Waals surface area contributed by atoms with Crippen LogP contribution in [0.3, 0.4) is 0 Å². The number of piperazine rings is 1. The molecule has 2 aliphatic rings. The van der Waals surface area contributed by atoms with E-state index in [2.05, 4.69) is 15.0 Å². The molecule has 2 aliphatic heterocycles. The molecule has 4 rings (SSSR count). The number of carbonyl (C=O) groups excluding carboxylic acids is 1. The SMILES string of the molecule is Cc1nn(C)c(C)c1CCC(=O)N1CCN(c2ccc(S(=O)(=O)N3CCOCC3)cn2)CC1. The van der Waals surface area contributed by atoms with E-state index in [0.29, 0.717) is 65.3 Å². The maximum Gasteiger partial charge on any atom is 0.244 e. The summed E-state index contributed by atoms with van der Waals surface area (Å²) in [6.07, 6.45) is 2.60. The summed E-state index contributed by atoms with van der Waals surface area (Å²) in [5.41, 5.74) is 3.24. The average molecular weight is 477 g/mol. The van der Waals surface area contributed by atoms with Gasteiger partial charge < -0.3 is 14.5 Å². The van der Waals surface area contributed by atoms with Crippen molar-refractivity contribution < 1.29 is 17.9 Å². The monoisotopic (exact) mass is 476 g/mol. The minimum atomic E-state index is -3.55. The van der Waals surface area contributed by atoms with Gasteiger partial charge in [0.1, 0.15) is 10.7 Å². The molecule has 0 radical (unpaired) electrons. The van der Waals surface area contributed by atoms with Gasteiger partial charge in [-0.15, -0.1) is 0 Å². The van der Waals surface area contributed by atoms with E-state index < -0.39 is 10.0 Å². The van der Waals surface area contributed by atoms with Crippen molar-refractivity contribution in [1.82, 2.24) is 24.0 Å². The Labute approximate surface area is 195 Å². The summed E-state index contributed by atoms with van der Waals surface area (Å²) in [4.78, 5) is 21.3. The second-order valence-corrected chi connectivity index (χ2v) is 10.4. The fourth-order valence-electron chi connectivity index (χ4n) is 4.40. The highest BCUT2D eigenvalue weighted by Crippen LogP contribution is 2.21. The third kappa shape index (κ3) is 5.04. The summed E-state index contributed by atoms with van der Waals surface area (Å²) in [6, 6.07) is 3.36. The fourth-order valence-corrected chi connectivity index (χ4v) is 5.76. The molecule has 10 nitrogen and oxygen atoms in total. The number of carbonyl (C=O) groups is 1. The predicted molar refractivity (Wildman–Crippen MR) is 124 cm³/mol. The lowest BCUT2D eigenvalue weighted by atomic mass is 10.1. The Morgan fingerprint density at radius 2 is 1.76 bits per heavy atom. The summed E-state index contributed by atoms with van der Waals surface area (Å²) in [5, 5.41) is 4.42. The molecule has 180 valence electrons. The van der Waals surface area contributed by atoms with Crippen LogP contribution in [0.1, 0.15) is 23.4 Å². The molecule has 4 heterocycles. The molecule has 2 saturated heterocycles. The van der Waals surface area contributed by atoms with Gasteiger partial charge in [0, 0.05) is 64.6 Å². The lowest BCUT2D eigenvalue weighted by molar-refractivity contribution is -0.131. The molecule has 0 atom stereocenters. The first-order valence-corrected chi connectivity index (χ1v) is 12.8. The number of nitrogens with zero attached hydrogens (tertiary/aromatic N) is 6. The molecule has 2 aromatic rings. The summed E-state index contributed by atoms with van der Waals surface area (Å²) in [6.45, 7) is 8.14. The molecule has 0 saturated carbocycles. The van der Waals surface area contributed by atoms with Crippen LogP contribution in [0.25, 0.3) is 0 Å². The number of ether oxygens (including phenoxy) is 1. The van der Waals surface area contributed by atoms with E-state index in [4.69, 9.17) is 4.74 Å². The van der Waals surface area contributed by atoms with Gasteiger partial charge in [-0.05, 0) is 38.0 Å². The van der Waals surface area contributed by atoms with E-state index in [0.717, 1.165) is 22.8 Å². The molecule has 1 amide bonds. The molecule has 33 heavy (non-hydrogen) atoms. The van der Waals surface area contributed by atoms with Crippen LogP contribution in [0.4, 0.5) is 5.82 Å². The number of hydrogen-bond donors (Lipinski definition) is 0. The molecule has 2 aromatic heterocycles. The molecule has 0 bridgehead atoms. The second-order valence-electron chi connectivity index (χ2n) is 8.51. The van der Waals surface area contributed by atoms with Gasteiger partial charge in [0.2, 0.25) is 15.9 Å². The van der Waals surface area contributed by atoms with Gasteiger partial charge in [-0.2, -0.15) is 9.40 Å². The van der Waals surface area contributed by atoms with Gasteiger partial charge in [0.25, 0.3) is 0 Å². The van der Waals surface area contributed by atoms with Crippen molar-refractivity contribution in [1.29, 1.82) is 0 Å². The van der Waals surface area contributed by atoms with E-state index in [1.165, 1.54) is 10.5 Å². The molecule has 0 aromatic carbocycles. The Morgan fingerprint density at radius 3 is 2.33 bits per heavy atom. The molecular weight excluding hydrogens is 444 g/mol. The lowest BCUT2D eigenvalue weighted by Crippen LogP contribution is -2.49. The fraction of sp³-hybridized carbons (Fsp3) is 0.591. The Hall–Kier alpha value is -2.50. The smallest absolute Gasteiger partial charge is 0.244 e. The van der Waals surface area contributed by atoms with Crippen LogP contribution in [0.5, 0.6) is 0 Å². The van der Waals surface area contributed by atoms with Gasteiger partial charge in [0.15, 0.2) is 0 Å². The number of pyridine rings is 1. The first-order chi connectivity index (χ1) is 15.8. The van der Waals surface area contributed by atoms with Crippen LogP contribution in [0, 0.1) is 13.8 Å². The summed E-state index contributed by atoms with van der Waals surface area (Å²) < 4.78 is 34.1. The minimum Gasteiger partial charge on any atom is -0.379 e. The highest BCUT2D eigenvalue weighted by Gasteiger charge is 2.27. The van der Waals surface area contributed by atoms with Crippen molar-refractivity contribution in [2.75, 3.05) is 57.4 Å². The Morgan fingerprint density at radius 1 is 1.06 bits per heavy atom. The number of anilines is 1. The van der Waals surface area contributed by atoms with Crippen molar-refractivity contribution in [2.24, 2.45) is 7.05 Å². The molecule has 0 N–H and O–H groups in total. The molecule has 11 heteroatoms. The summed E-state index contributed by atoms with van der Waals surface area (Å²) in [5.74, 6) is 0.877. The highest BCUT2D eigenvalue weighted by atomic mass is 32.2. The zero-order valence-corrected chi connectivity index (χ0v) is 20.3. The highest BCUT2D eigenvalue weighted by molar-refractivity contribution is 7.89. The van der Waals surface area contributed by atoms with Gasteiger partial charge in [0.05, 0.1) is 18.9 Å². The van der Waals surface area contributed by atoms with Gasteiger partial charge in [-0.3, -0.25) is 9.48 Å². The van der Waals surface area contributed by atoms with Crippen LogP contribution >= 0.6 is 0 Å². The number of sulfonamides is 1. The van der Waals surface area contributed by atoms with E-state index >= 15 is 0 Å². The topological polar surface area (TPSA) is 101 Å². The van der Waals surface area contributed by atoms with Gasteiger partial charge in [-0.25, -0.2) is 13.4 Å². The lowest BCUT2D eigenvalue weighted by Gasteiger charge is -2.35. The zero-order chi connectivity index (χ0) is 23.6. The van der Waals surface area contributed by atoms with Crippen molar-refractivity contribution >= 4 is 21.7 Å². The van der Waals surface area contributed by atoms with Gasteiger partial charge in [-0.1, -0.05) is 0 Å². The van der Waals surface area contributed by atoms with Crippen LogP contribution in [-0.2, 0) is 33.0 Å². The van der Waals surface area contributed by atoms with Crippen molar-refractivity contribution in [3.05, 3.63) is 35.3 Å². The first kappa shape index (κ1) is 23.7. The number of morpholine rings is 1. The average Bonchev–Trinajstić information content (AvgIpc) is 3.08. The van der Waals surface area contributed by atoms with Crippen molar-refractivity contribution in [2.45, 2.75) is 31.6 Å². The van der Waals surface area contributed by atoms with Crippen molar-refractivity contribution in [3.63, 3.8) is 0 Å². The van der Waals surface area contributed by atoms with Crippen LogP contribution in [0.15, 0.2) is 23.2 Å². The Bertz CT molecular complexity index is 1080. The molecule has 0 aliphatic carbocycles. The van der Waals surface area contributed by atoms with Crippen LogP contribution < -0.4 is 4.90 Å². The molecular formula is C22H32N6O4S. The number of hydrogen-bond acceptors (Lipinski definition) is 7. The normalized spacial score (nSPS) is 18.0. The quantitative estimate of drug-likeness (QED) is 0.606.